The van der Waals surface area contributed by atoms with Crippen LogP contribution in [0.5, 0.6) is 0 Å². The lowest BCUT2D eigenvalue weighted by atomic mass is 10.2. The fraction of sp³-hybridized carbons (Fsp3) is 0.308. The highest BCUT2D eigenvalue weighted by molar-refractivity contribution is 7.99. The van der Waals surface area contributed by atoms with E-state index in [4.69, 9.17) is 0 Å². The maximum absolute atomic E-state index is 13.5. The standard InChI is InChI=1S/C13H14FN3OS/c1-9(18)5-4-8-19-13-15-12(16-17-13)10-6-2-3-7-11(10)14/h2-3,6-7H,4-5,8H2,1H3,(H,15,16,17). The summed E-state index contributed by atoms with van der Waals surface area (Å²) in [5.41, 5.74) is 0.408. The van der Waals surface area contributed by atoms with E-state index in [-0.39, 0.29) is 11.6 Å². The number of nitrogens with zero attached hydrogens (tertiary/aromatic N) is 2. The van der Waals surface area contributed by atoms with E-state index in [0.29, 0.717) is 23.0 Å². The van der Waals surface area contributed by atoms with Crippen LogP contribution < -0.4 is 0 Å². The van der Waals surface area contributed by atoms with Gasteiger partial charge in [-0.25, -0.2) is 9.37 Å². The van der Waals surface area contributed by atoms with Crippen LogP contribution in [-0.4, -0.2) is 26.7 Å². The molecule has 2 aromatic rings. The Bertz CT molecular complexity index is 571. The van der Waals surface area contributed by atoms with Crippen LogP contribution in [0.1, 0.15) is 19.8 Å². The number of benzene rings is 1. The molecule has 6 heteroatoms. The van der Waals surface area contributed by atoms with Crippen LogP contribution >= 0.6 is 11.8 Å². The van der Waals surface area contributed by atoms with E-state index < -0.39 is 0 Å². The van der Waals surface area contributed by atoms with Gasteiger partial charge in [0, 0.05) is 12.2 Å². The molecule has 0 aliphatic rings. The summed E-state index contributed by atoms with van der Waals surface area (Å²) in [6, 6.07) is 6.42. The van der Waals surface area contributed by atoms with Gasteiger partial charge in [-0.15, -0.1) is 5.10 Å². The van der Waals surface area contributed by atoms with Gasteiger partial charge in [0.15, 0.2) is 5.82 Å². The Kier molecular flexibility index (Phi) is 4.68. The largest absolute Gasteiger partial charge is 0.300 e. The van der Waals surface area contributed by atoms with Crippen molar-refractivity contribution in [3.05, 3.63) is 30.1 Å². The summed E-state index contributed by atoms with van der Waals surface area (Å²) >= 11 is 1.46. The Hall–Kier alpha value is -1.69. The van der Waals surface area contributed by atoms with Gasteiger partial charge >= 0.3 is 0 Å². The summed E-state index contributed by atoms with van der Waals surface area (Å²) in [5, 5.41) is 7.32. The Morgan fingerprint density at radius 2 is 2.21 bits per heavy atom. The summed E-state index contributed by atoms with van der Waals surface area (Å²) in [6.45, 7) is 1.58. The number of Topliss-reactive ketones (excluding diaryl/α,β-unsaturated/α-hetero) is 1. The first-order chi connectivity index (χ1) is 9.16. The molecule has 1 aromatic carbocycles. The SMILES string of the molecule is CC(=O)CCCSc1n[nH]c(-c2ccccc2F)n1. The van der Waals surface area contributed by atoms with E-state index in [0.717, 1.165) is 12.2 Å². The number of thioether (sulfide) groups is 1. The van der Waals surface area contributed by atoms with E-state index >= 15 is 0 Å². The lowest BCUT2D eigenvalue weighted by Crippen LogP contribution is -1.91. The van der Waals surface area contributed by atoms with E-state index in [1.54, 1.807) is 25.1 Å². The van der Waals surface area contributed by atoms with Gasteiger partial charge in [0.1, 0.15) is 11.6 Å². The Labute approximate surface area is 114 Å². The number of nitrogens with one attached hydrogen (secondary N) is 1. The molecule has 0 aliphatic heterocycles. The van der Waals surface area contributed by atoms with Gasteiger partial charge in [-0.1, -0.05) is 23.9 Å². The van der Waals surface area contributed by atoms with Gasteiger partial charge in [0.25, 0.3) is 0 Å². The van der Waals surface area contributed by atoms with Crippen molar-refractivity contribution in [3.8, 4) is 11.4 Å². The number of rotatable bonds is 6. The Morgan fingerprint density at radius 1 is 1.42 bits per heavy atom. The molecule has 0 spiro atoms. The summed E-state index contributed by atoms with van der Waals surface area (Å²) in [4.78, 5) is 15.0. The number of halogens is 1. The zero-order valence-electron chi connectivity index (χ0n) is 10.5. The van der Waals surface area contributed by atoms with Crippen LogP contribution in [-0.2, 0) is 4.79 Å². The van der Waals surface area contributed by atoms with Crippen molar-refractivity contribution < 1.29 is 9.18 Å². The minimum absolute atomic E-state index is 0.183. The molecule has 100 valence electrons. The van der Waals surface area contributed by atoms with Gasteiger partial charge in [-0.3, -0.25) is 5.10 Å². The Balaban J connectivity index is 1.96. The van der Waals surface area contributed by atoms with Gasteiger partial charge in [0.05, 0.1) is 5.56 Å². The number of H-pyrrole nitrogens is 1. The molecule has 0 atom stereocenters. The van der Waals surface area contributed by atoms with Crippen molar-refractivity contribution >= 4 is 17.5 Å². The van der Waals surface area contributed by atoms with Crippen molar-refractivity contribution in [2.24, 2.45) is 0 Å². The normalized spacial score (nSPS) is 10.6. The minimum Gasteiger partial charge on any atom is -0.300 e. The number of ketones is 1. The van der Waals surface area contributed by atoms with Gasteiger partial charge in [0.2, 0.25) is 5.16 Å². The van der Waals surface area contributed by atoms with Crippen LogP contribution in [0.4, 0.5) is 4.39 Å². The highest BCUT2D eigenvalue weighted by Crippen LogP contribution is 2.21. The second kappa shape index (κ2) is 6.47. The second-order valence-corrected chi connectivity index (χ2v) is 5.16. The van der Waals surface area contributed by atoms with Crippen LogP contribution in [0.2, 0.25) is 0 Å². The third-order valence-corrected chi connectivity index (χ3v) is 3.43. The molecular weight excluding hydrogens is 265 g/mol. The van der Waals surface area contributed by atoms with Crippen molar-refractivity contribution in [2.45, 2.75) is 24.9 Å². The summed E-state index contributed by atoms with van der Waals surface area (Å²) < 4.78 is 13.5. The van der Waals surface area contributed by atoms with Crippen molar-refractivity contribution in [2.75, 3.05) is 5.75 Å². The zero-order valence-corrected chi connectivity index (χ0v) is 11.3. The molecule has 0 fully saturated rings. The maximum atomic E-state index is 13.5. The molecule has 4 nitrogen and oxygen atoms in total. The first kappa shape index (κ1) is 13.7. The molecular formula is C13H14FN3OS. The molecule has 1 N–H and O–H groups in total. The molecule has 0 amide bonds. The van der Waals surface area contributed by atoms with Gasteiger partial charge < -0.3 is 4.79 Å². The number of carbonyl (C=O) groups is 1. The van der Waals surface area contributed by atoms with Gasteiger partial charge in [-0.05, 0) is 25.5 Å². The summed E-state index contributed by atoms with van der Waals surface area (Å²) in [5.74, 6) is 1.05. The fourth-order valence-electron chi connectivity index (χ4n) is 1.57. The fourth-order valence-corrected chi connectivity index (χ4v) is 2.31. The quantitative estimate of drug-likeness (QED) is 0.652. The average Bonchev–Trinajstić information content (AvgIpc) is 2.83. The predicted octanol–water partition coefficient (Wildman–Crippen LogP) is 3.07. The highest BCUT2D eigenvalue weighted by Gasteiger charge is 2.09. The van der Waals surface area contributed by atoms with Crippen LogP contribution in [0.15, 0.2) is 29.4 Å². The first-order valence-electron chi connectivity index (χ1n) is 5.96. The van der Waals surface area contributed by atoms with Crippen molar-refractivity contribution in [3.63, 3.8) is 0 Å². The smallest absolute Gasteiger partial charge is 0.208 e. The summed E-state index contributed by atoms with van der Waals surface area (Å²) in [7, 11) is 0. The highest BCUT2D eigenvalue weighted by atomic mass is 32.2. The number of carbonyl (C=O) groups excluding carboxylic acids is 1. The maximum Gasteiger partial charge on any atom is 0.208 e. The van der Waals surface area contributed by atoms with E-state index in [1.807, 2.05) is 0 Å². The Morgan fingerprint density at radius 3 is 2.95 bits per heavy atom. The molecule has 19 heavy (non-hydrogen) atoms. The zero-order chi connectivity index (χ0) is 13.7. The predicted molar refractivity (Wildman–Crippen MR) is 72.4 cm³/mol. The lowest BCUT2D eigenvalue weighted by Gasteiger charge is -1.96. The number of aromatic amines is 1. The second-order valence-electron chi connectivity index (χ2n) is 4.10. The average molecular weight is 279 g/mol. The molecule has 0 unspecified atom stereocenters. The molecule has 1 heterocycles. The molecule has 0 radical (unpaired) electrons. The molecule has 0 bridgehead atoms. The minimum atomic E-state index is -0.327. The van der Waals surface area contributed by atoms with E-state index in [9.17, 15) is 9.18 Å². The topological polar surface area (TPSA) is 58.6 Å². The number of hydrogen-bond acceptors (Lipinski definition) is 4. The third-order valence-electron chi connectivity index (χ3n) is 2.50. The van der Waals surface area contributed by atoms with E-state index in [1.165, 1.54) is 17.8 Å². The molecule has 1 aromatic heterocycles. The lowest BCUT2D eigenvalue weighted by molar-refractivity contribution is -0.117. The van der Waals surface area contributed by atoms with Gasteiger partial charge in [-0.2, -0.15) is 0 Å². The first-order valence-corrected chi connectivity index (χ1v) is 6.95. The summed E-state index contributed by atoms with van der Waals surface area (Å²) in [6.07, 6.45) is 1.36. The van der Waals surface area contributed by atoms with Crippen LogP contribution in [0.3, 0.4) is 0 Å². The molecule has 0 saturated carbocycles. The molecule has 0 aliphatic carbocycles. The van der Waals surface area contributed by atoms with E-state index in [2.05, 4.69) is 15.2 Å². The van der Waals surface area contributed by atoms with Crippen LogP contribution in [0.25, 0.3) is 11.4 Å². The van der Waals surface area contributed by atoms with Crippen molar-refractivity contribution in [1.82, 2.24) is 15.2 Å². The molecule has 2 rings (SSSR count). The number of aromatic nitrogens is 3. The van der Waals surface area contributed by atoms with Crippen LogP contribution in [0, 0.1) is 5.82 Å². The third kappa shape index (κ3) is 3.89. The molecule has 0 saturated heterocycles. The monoisotopic (exact) mass is 279 g/mol. The number of hydrogen-bond donors (Lipinski definition) is 1. The van der Waals surface area contributed by atoms with Crippen molar-refractivity contribution in [1.29, 1.82) is 0 Å².